The van der Waals surface area contributed by atoms with Gasteiger partial charge in [-0.15, -0.1) is 0 Å². The Morgan fingerprint density at radius 2 is 1.94 bits per heavy atom. The highest BCUT2D eigenvalue weighted by molar-refractivity contribution is 5.81. The predicted octanol–water partition coefficient (Wildman–Crippen LogP) is 2.66. The number of rotatable bonds is 1. The van der Waals surface area contributed by atoms with Gasteiger partial charge in [0.05, 0.1) is 10.9 Å². The third kappa shape index (κ3) is 1.73. The predicted molar refractivity (Wildman–Crippen MR) is 65.9 cm³/mol. The fraction of sp³-hybridized carbons (Fsp3) is 0.385. The van der Waals surface area contributed by atoms with E-state index in [1.165, 1.54) is 0 Å². The normalized spacial score (nSPS) is 11.3. The van der Waals surface area contributed by atoms with Crippen molar-refractivity contribution in [2.24, 2.45) is 0 Å². The molecule has 0 saturated heterocycles. The van der Waals surface area contributed by atoms with Gasteiger partial charge in [0.15, 0.2) is 0 Å². The van der Waals surface area contributed by atoms with Gasteiger partial charge in [-0.2, -0.15) is 0 Å². The molecular weight excluding hydrogens is 200 g/mol. The number of nitrogens with zero attached hydrogens (tertiary/aromatic N) is 1. The molecule has 2 aromatic rings. The van der Waals surface area contributed by atoms with Crippen molar-refractivity contribution in [2.75, 3.05) is 0 Å². The zero-order valence-electron chi connectivity index (χ0n) is 10.1. The van der Waals surface area contributed by atoms with Gasteiger partial charge in [0, 0.05) is 5.92 Å². The van der Waals surface area contributed by atoms with Crippen molar-refractivity contribution in [3.05, 3.63) is 39.4 Å². The summed E-state index contributed by atoms with van der Waals surface area (Å²) < 4.78 is 0. The van der Waals surface area contributed by atoms with Crippen molar-refractivity contribution in [1.82, 2.24) is 9.97 Å². The molecule has 2 rings (SSSR count). The van der Waals surface area contributed by atoms with E-state index >= 15 is 0 Å². The number of H-pyrrole nitrogens is 1. The third-order valence-corrected chi connectivity index (χ3v) is 2.71. The summed E-state index contributed by atoms with van der Waals surface area (Å²) in [6.07, 6.45) is 0. The number of hydrogen-bond donors (Lipinski definition) is 1. The number of benzene rings is 1. The molecule has 1 aromatic carbocycles. The largest absolute Gasteiger partial charge is 0.310 e. The minimum absolute atomic E-state index is 0.0412. The monoisotopic (exact) mass is 216 g/mol. The van der Waals surface area contributed by atoms with Crippen LogP contribution >= 0.6 is 0 Å². The van der Waals surface area contributed by atoms with Gasteiger partial charge in [0.1, 0.15) is 5.82 Å². The number of aromatic amines is 1. The van der Waals surface area contributed by atoms with Gasteiger partial charge in [-0.25, -0.2) is 4.98 Å². The molecule has 0 unspecified atom stereocenters. The van der Waals surface area contributed by atoms with Crippen LogP contribution in [0.5, 0.6) is 0 Å². The number of aromatic nitrogens is 2. The molecule has 1 aromatic heterocycles. The lowest BCUT2D eigenvalue weighted by Gasteiger charge is -2.08. The molecule has 0 fully saturated rings. The van der Waals surface area contributed by atoms with Crippen LogP contribution in [-0.4, -0.2) is 9.97 Å². The minimum Gasteiger partial charge on any atom is -0.310 e. The van der Waals surface area contributed by atoms with Crippen molar-refractivity contribution in [3.8, 4) is 0 Å². The fourth-order valence-electron chi connectivity index (χ4n) is 1.89. The molecule has 0 radical (unpaired) electrons. The van der Waals surface area contributed by atoms with Gasteiger partial charge in [-0.05, 0) is 31.0 Å². The third-order valence-electron chi connectivity index (χ3n) is 2.71. The van der Waals surface area contributed by atoms with Crippen LogP contribution in [0.25, 0.3) is 10.9 Å². The molecule has 0 atom stereocenters. The van der Waals surface area contributed by atoms with E-state index in [1.807, 2.05) is 33.8 Å². The van der Waals surface area contributed by atoms with Crippen LogP contribution in [0.15, 0.2) is 16.9 Å². The molecular formula is C13H16N2O. The van der Waals surface area contributed by atoms with Gasteiger partial charge in [0.2, 0.25) is 0 Å². The fourth-order valence-corrected chi connectivity index (χ4v) is 1.89. The molecule has 1 N–H and O–H groups in total. The summed E-state index contributed by atoms with van der Waals surface area (Å²) in [4.78, 5) is 19.3. The lowest BCUT2D eigenvalue weighted by Crippen LogP contribution is -2.13. The Hall–Kier alpha value is -1.64. The Morgan fingerprint density at radius 3 is 2.56 bits per heavy atom. The first-order chi connectivity index (χ1) is 7.49. The Labute approximate surface area is 94.5 Å². The average molecular weight is 216 g/mol. The standard InChI is InChI=1S/C13H16N2O/c1-7(2)12-14-11-9(4)5-8(3)6-10(11)13(16)15-12/h5-7H,1-4H3,(H,14,15,16). The first kappa shape index (κ1) is 10.9. The maximum atomic E-state index is 11.9. The van der Waals surface area contributed by atoms with Gasteiger partial charge in [-0.3, -0.25) is 4.79 Å². The quantitative estimate of drug-likeness (QED) is 0.796. The van der Waals surface area contributed by atoms with E-state index in [1.54, 1.807) is 0 Å². The molecule has 0 aliphatic carbocycles. The Bertz CT molecular complexity index is 597. The maximum absolute atomic E-state index is 11.9. The van der Waals surface area contributed by atoms with Crippen LogP contribution in [0.1, 0.15) is 36.7 Å². The highest BCUT2D eigenvalue weighted by atomic mass is 16.1. The molecule has 0 spiro atoms. The molecule has 0 bridgehead atoms. The maximum Gasteiger partial charge on any atom is 0.258 e. The van der Waals surface area contributed by atoms with Crippen LogP contribution in [0.4, 0.5) is 0 Å². The summed E-state index contributed by atoms with van der Waals surface area (Å²) in [6, 6.07) is 3.94. The van der Waals surface area contributed by atoms with Gasteiger partial charge in [-0.1, -0.05) is 19.9 Å². The van der Waals surface area contributed by atoms with Crippen molar-refractivity contribution < 1.29 is 0 Å². The minimum atomic E-state index is -0.0412. The van der Waals surface area contributed by atoms with Crippen molar-refractivity contribution >= 4 is 10.9 Å². The van der Waals surface area contributed by atoms with E-state index in [0.717, 1.165) is 22.5 Å². The van der Waals surface area contributed by atoms with Crippen LogP contribution in [0.2, 0.25) is 0 Å². The number of fused-ring (bicyclic) bond motifs is 1. The molecule has 16 heavy (non-hydrogen) atoms. The molecule has 0 aliphatic heterocycles. The molecule has 0 aliphatic rings. The smallest absolute Gasteiger partial charge is 0.258 e. The number of nitrogens with one attached hydrogen (secondary N) is 1. The molecule has 3 nitrogen and oxygen atoms in total. The average Bonchev–Trinajstić information content (AvgIpc) is 2.19. The zero-order chi connectivity index (χ0) is 11.9. The van der Waals surface area contributed by atoms with Crippen LogP contribution in [0.3, 0.4) is 0 Å². The first-order valence-corrected chi connectivity index (χ1v) is 5.50. The van der Waals surface area contributed by atoms with Crippen molar-refractivity contribution in [3.63, 3.8) is 0 Å². The SMILES string of the molecule is Cc1cc(C)c2nc(C(C)C)[nH]c(=O)c2c1. The summed E-state index contributed by atoms with van der Waals surface area (Å²) in [6.45, 7) is 8.02. The molecule has 1 heterocycles. The second-order valence-corrected chi connectivity index (χ2v) is 4.58. The molecule has 84 valence electrons. The molecule has 3 heteroatoms. The highest BCUT2D eigenvalue weighted by Crippen LogP contribution is 2.17. The number of hydrogen-bond acceptors (Lipinski definition) is 2. The van der Waals surface area contributed by atoms with Crippen molar-refractivity contribution in [1.29, 1.82) is 0 Å². The topological polar surface area (TPSA) is 45.8 Å². The Morgan fingerprint density at radius 1 is 1.25 bits per heavy atom. The van der Waals surface area contributed by atoms with Gasteiger partial charge in [0.25, 0.3) is 5.56 Å². The lowest BCUT2D eigenvalue weighted by molar-refractivity contribution is 0.776. The number of aryl methyl sites for hydroxylation is 2. The second kappa shape index (κ2) is 3.74. The Balaban J connectivity index is 2.87. The lowest BCUT2D eigenvalue weighted by atomic mass is 10.1. The molecule has 0 amide bonds. The summed E-state index contributed by atoms with van der Waals surface area (Å²) >= 11 is 0. The van der Waals surface area contributed by atoms with E-state index in [2.05, 4.69) is 16.0 Å². The highest BCUT2D eigenvalue weighted by Gasteiger charge is 2.08. The Kier molecular flexibility index (Phi) is 2.54. The first-order valence-electron chi connectivity index (χ1n) is 5.50. The van der Waals surface area contributed by atoms with E-state index < -0.39 is 0 Å². The van der Waals surface area contributed by atoms with Gasteiger partial charge < -0.3 is 4.98 Å². The summed E-state index contributed by atoms with van der Waals surface area (Å²) in [7, 11) is 0. The van der Waals surface area contributed by atoms with Crippen LogP contribution in [0, 0.1) is 13.8 Å². The summed E-state index contributed by atoms with van der Waals surface area (Å²) in [5, 5.41) is 0.682. The molecule has 0 saturated carbocycles. The van der Waals surface area contributed by atoms with E-state index in [9.17, 15) is 4.79 Å². The van der Waals surface area contributed by atoms with E-state index in [0.29, 0.717) is 5.39 Å². The van der Waals surface area contributed by atoms with Crippen molar-refractivity contribution in [2.45, 2.75) is 33.6 Å². The second-order valence-electron chi connectivity index (χ2n) is 4.58. The van der Waals surface area contributed by atoms with E-state index in [-0.39, 0.29) is 11.5 Å². The van der Waals surface area contributed by atoms with Crippen LogP contribution < -0.4 is 5.56 Å². The zero-order valence-corrected chi connectivity index (χ0v) is 10.1. The van der Waals surface area contributed by atoms with Crippen LogP contribution in [-0.2, 0) is 0 Å². The van der Waals surface area contributed by atoms with Gasteiger partial charge >= 0.3 is 0 Å². The summed E-state index contributed by atoms with van der Waals surface area (Å²) in [5.41, 5.74) is 2.93. The summed E-state index contributed by atoms with van der Waals surface area (Å²) in [5.74, 6) is 0.988. The van der Waals surface area contributed by atoms with E-state index in [4.69, 9.17) is 0 Å².